The predicted octanol–water partition coefficient (Wildman–Crippen LogP) is 3.70. The Morgan fingerprint density at radius 3 is 2.86 bits per heavy atom. The molecule has 6 rings (SSSR count). The number of aromatic nitrogens is 3. The number of carbonyl (C=O) groups is 1. The van der Waals surface area contributed by atoms with E-state index in [1.165, 1.54) is 30.6 Å². The molecule has 35 heavy (non-hydrogen) atoms. The fourth-order valence-corrected chi connectivity index (χ4v) is 4.69. The van der Waals surface area contributed by atoms with Crippen molar-refractivity contribution in [2.24, 2.45) is 5.92 Å². The van der Waals surface area contributed by atoms with Crippen molar-refractivity contribution in [1.29, 1.82) is 0 Å². The zero-order chi connectivity index (χ0) is 24.2. The molecular formula is C24H21ClFN5O4. The molecule has 3 aromatic rings. The molecule has 1 spiro atoms. The number of amides is 1. The summed E-state index contributed by atoms with van der Waals surface area (Å²) in [7, 11) is 0. The maximum Gasteiger partial charge on any atom is 0.255 e. The van der Waals surface area contributed by atoms with Crippen LogP contribution in [0.25, 0.3) is 11.4 Å². The topological polar surface area (TPSA) is 98.7 Å². The van der Waals surface area contributed by atoms with Crippen molar-refractivity contribution >= 4 is 29.0 Å². The minimum atomic E-state index is -0.712. The molecule has 2 unspecified atom stereocenters. The third-order valence-corrected chi connectivity index (χ3v) is 6.63. The lowest BCUT2D eigenvalue weighted by molar-refractivity contribution is -0.0379. The van der Waals surface area contributed by atoms with E-state index in [2.05, 4.69) is 27.2 Å². The predicted molar refractivity (Wildman–Crippen MR) is 124 cm³/mol. The molecule has 2 aliphatic heterocycles. The van der Waals surface area contributed by atoms with E-state index >= 15 is 0 Å². The highest BCUT2D eigenvalue weighted by atomic mass is 35.5. The third-order valence-electron chi connectivity index (χ3n) is 6.39. The standard InChI is InChI=1S/C24H21ClFN5O4/c1-13-9-24(13)31(18-4-5-27-10-16(18)23(32)29-12-20-33-6-7-34-20)22-19(35-24)11-28-21(30-22)15-8-14(25)2-3-17(15)26/h2-5,8,10-11,13,20H,6-7,9,12H2,1H3,(H,29,32). The Balaban J connectivity index is 1.39. The molecule has 180 valence electrons. The summed E-state index contributed by atoms with van der Waals surface area (Å²) in [6, 6.07) is 5.96. The van der Waals surface area contributed by atoms with Crippen LogP contribution in [-0.2, 0) is 9.47 Å². The van der Waals surface area contributed by atoms with Gasteiger partial charge in [0.1, 0.15) is 5.82 Å². The second-order valence-electron chi connectivity index (χ2n) is 8.67. The number of hydrogen-bond acceptors (Lipinski definition) is 8. The van der Waals surface area contributed by atoms with Gasteiger partial charge in [-0.15, -0.1) is 0 Å². The second kappa shape index (κ2) is 8.40. The summed E-state index contributed by atoms with van der Waals surface area (Å²) < 4.78 is 31.7. The second-order valence-corrected chi connectivity index (χ2v) is 9.10. The number of anilines is 2. The van der Waals surface area contributed by atoms with Crippen LogP contribution in [0, 0.1) is 11.7 Å². The molecule has 2 atom stereocenters. The molecule has 0 radical (unpaired) electrons. The van der Waals surface area contributed by atoms with Gasteiger partial charge >= 0.3 is 0 Å². The summed E-state index contributed by atoms with van der Waals surface area (Å²) >= 11 is 6.09. The number of hydrogen-bond donors (Lipinski definition) is 1. The van der Waals surface area contributed by atoms with E-state index in [4.69, 9.17) is 25.8 Å². The fourth-order valence-electron chi connectivity index (χ4n) is 4.51. The Morgan fingerprint density at radius 1 is 1.29 bits per heavy atom. The van der Waals surface area contributed by atoms with Gasteiger partial charge in [0, 0.05) is 29.8 Å². The summed E-state index contributed by atoms with van der Waals surface area (Å²) in [5.74, 6) is 0.400. The van der Waals surface area contributed by atoms with Crippen LogP contribution in [0.1, 0.15) is 23.7 Å². The van der Waals surface area contributed by atoms with Crippen LogP contribution in [-0.4, -0.2) is 52.6 Å². The third kappa shape index (κ3) is 3.78. The van der Waals surface area contributed by atoms with Crippen molar-refractivity contribution in [1.82, 2.24) is 20.3 Å². The number of rotatable bonds is 5. The molecule has 0 bridgehead atoms. The van der Waals surface area contributed by atoms with E-state index in [0.717, 1.165) is 6.42 Å². The monoisotopic (exact) mass is 497 g/mol. The van der Waals surface area contributed by atoms with Crippen LogP contribution in [0.4, 0.5) is 15.9 Å². The normalized spacial score (nSPS) is 22.8. The van der Waals surface area contributed by atoms with Gasteiger partial charge in [0.25, 0.3) is 5.91 Å². The average molecular weight is 498 g/mol. The highest BCUT2D eigenvalue weighted by Gasteiger charge is 2.64. The van der Waals surface area contributed by atoms with Crippen molar-refractivity contribution in [2.45, 2.75) is 25.4 Å². The Hall–Kier alpha value is -3.34. The van der Waals surface area contributed by atoms with Gasteiger partial charge in [-0.1, -0.05) is 18.5 Å². The zero-order valence-electron chi connectivity index (χ0n) is 18.7. The minimum Gasteiger partial charge on any atom is -0.462 e. The van der Waals surface area contributed by atoms with E-state index in [1.807, 2.05) is 4.90 Å². The molecule has 1 amide bonds. The van der Waals surface area contributed by atoms with Crippen LogP contribution < -0.4 is 15.0 Å². The maximum absolute atomic E-state index is 14.6. The van der Waals surface area contributed by atoms with Gasteiger partial charge < -0.3 is 19.5 Å². The van der Waals surface area contributed by atoms with Gasteiger partial charge in [-0.3, -0.25) is 14.7 Å². The van der Waals surface area contributed by atoms with Crippen molar-refractivity contribution in [3.05, 3.63) is 59.3 Å². The Labute approximate surface area is 205 Å². The van der Waals surface area contributed by atoms with Crippen LogP contribution in [0.5, 0.6) is 5.75 Å². The summed E-state index contributed by atoms with van der Waals surface area (Å²) in [4.78, 5) is 28.2. The first-order valence-corrected chi connectivity index (χ1v) is 11.6. The summed E-state index contributed by atoms with van der Waals surface area (Å²) in [6.07, 6.45) is 4.87. The molecule has 1 N–H and O–H groups in total. The van der Waals surface area contributed by atoms with Crippen LogP contribution in [0.2, 0.25) is 5.02 Å². The van der Waals surface area contributed by atoms with Crippen molar-refractivity contribution < 1.29 is 23.4 Å². The number of carbonyl (C=O) groups excluding carboxylic acids is 1. The summed E-state index contributed by atoms with van der Waals surface area (Å²) in [5, 5.41) is 3.21. The van der Waals surface area contributed by atoms with E-state index in [-0.39, 0.29) is 29.8 Å². The Morgan fingerprint density at radius 2 is 2.09 bits per heavy atom. The molecule has 1 saturated carbocycles. The van der Waals surface area contributed by atoms with Gasteiger partial charge in [0.15, 0.2) is 29.4 Å². The smallest absolute Gasteiger partial charge is 0.255 e. The zero-order valence-corrected chi connectivity index (χ0v) is 19.5. The first-order valence-electron chi connectivity index (χ1n) is 11.2. The number of nitrogens with zero attached hydrogens (tertiary/aromatic N) is 4. The number of pyridine rings is 1. The molecule has 2 fully saturated rings. The molecule has 3 aliphatic rings. The lowest BCUT2D eigenvalue weighted by atomic mass is 10.1. The van der Waals surface area contributed by atoms with Crippen LogP contribution >= 0.6 is 11.6 Å². The van der Waals surface area contributed by atoms with E-state index in [0.29, 0.717) is 41.1 Å². The highest BCUT2D eigenvalue weighted by Crippen LogP contribution is 2.60. The quantitative estimate of drug-likeness (QED) is 0.569. The number of benzene rings is 1. The first-order chi connectivity index (χ1) is 17.0. The van der Waals surface area contributed by atoms with Gasteiger partial charge in [0.2, 0.25) is 0 Å². The van der Waals surface area contributed by atoms with Gasteiger partial charge in [0.05, 0.1) is 42.8 Å². The molecule has 1 aromatic carbocycles. The van der Waals surface area contributed by atoms with Crippen LogP contribution in [0.15, 0.2) is 42.9 Å². The number of nitrogens with one attached hydrogen (secondary N) is 1. The molecule has 1 aliphatic carbocycles. The first kappa shape index (κ1) is 22.1. The van der Waals surface area contributed by atoms with Crippen LogP contribution in [0.3, 0.4) is 0 Å². The average Bonchev–Trinajstić information content (AvgIpc) is 3.20. The van der Waals surface area contributed by atoms with Crippen molar-refractivity contribution in [3.8, 4) is 17.1 Å². The largest absolute Gasteiger partial charge is 0.462 e. The van der Waals surface area contributed by atoms with Gasteiger partial charge in [-0.25, -0.2) is 14.4 Å². The summed E-state index contributed by atoms with van der Waals surface area (Å²) in [5.41, 5.74) is 0.380. The van der Waals surface area contributed by atoms with E-state index in [9.17, 15) is 9.18 Å². The number of fused-ring (bicyclic) bond motifs is 1. The van der Waals surface area contributed by atoms with Gasteiger partial charge in [-0.05, 0) is 24.3 Å². The van der Waals surface area contributed by atoms with Crippen molar-refractivity contribution in [2.75, 3.05) is 24.7 Å². The highest BCUT2D eigenvalue weighted by molar-refractivity contribution is 6.30. The molecule has 2 aromatic heterocycles. The lowest BCUT2D eigenvalue weighted by Gasteiger charge is -2.27. The Bertz CT molecular complexity index is 1320. The molecule has 1 saturated heterocycles. The van der Waals surface area contributed by atoms with E-state index < -0.39 is 17.8 Å². The molecule has 4 heterocycles. The molecular weight excluding hydrogens is 477 g/mol. The summed E-state index contributed by atoms with van der Waals surface area (Å²) in [6.45, 7) is 3.26. The van der Waals surface area contributed by atoms with E-state index in [1.54, 1.807) is 12.3 Å². The molecule has 11 heteroatoms. The minimum absolute atomic E-state index is 0.160. The van der Waals surface area contributed by atoms with Gasteiger partial charge in [-0.2, -0.15) is 0 Å². The lowest BCUT2D eigenvalue weighted by Crippen LogP contribution is -2.38. The number of ether oxygens (including phenoxy) is 3. The number of halogens is 2. The maximum atomic E-state index is 14.6. The fraction of sp³-hybridized carbons (Fsp3) is 0.333. The SMILES string of the molecule is CC1CC12Oc1cnc(-c3cc(Cl)ccc3F)nc1N2c1ccncc1C(=O)NCC1OCCO1. The Kier molecular flexibility index (Phi) is 5.32. The molecule has 9 nitrogen and oxygen atoms in total. The van der Waals surface area contributed by atoms with Crippen molar-refractivity contribution in [3.63, 3.8) is 0 Å².